The molecule has 1 heterocycles. The van der Waals surface area contributed by atoms with Gasteiger partial charge in [-0.1, -0.05) is 0 Å². The van der Waals surface area contributed by atoms with E-state index in [2.05, 4.69) is 9.55 Å². The molecule has 1 aliphatic carbocycles. The zero-order valence-electron chi connectivity index (χ0n) is 11.9. The van der Waals surface area contributed by atoms with E-state index in [1.54, 1.807) is 0 Å². The molecule has 0 spiro atoms. The van der Waals surface area contributed by atoms with E-state index in [1.807, 2.05) is 31.3 Å². The van der Waals surface area contributed by atoms with Gasteiger partial charge in [0.05, 0.1) is 12.2 Å². The monoisotopic (exact) mass is 264 g/mol. The van der Waals surface area contributed by atoms with Crippen LogP contribution in [0, 0.1) is 5.92 Å². The van der Waals surface area contributed by atoms with Gasteiger partial charge in [0, 0.05) is 44.0 Å². The second-order valence-electron chi connectivity index (χ2n) is 5.17. The fourth-order valence-corrected chi connectivity index (χ4v) is 2.49. The first kappa shape index (κ1) is 14.1. The summed E-state index contributed by atoms with van der Waals surface area (Å²) in [5.74, 6) is 0.0325. The minimum atomic E-state index is -0.130. The van der Waals surface area contributed by atoms with Gasteiger partial charge in [-0.3, -0.25) is 4.79 Å². The molecule has 5 heteroatoms. The number of aromatic nitrogens is 2. The molecule has 1 aromatic heterocycles. The second kappa shape index (κ2) is 6.19. The van der Waals surface area contributed by atoms with Crippen LogP contribution in [0.15, 0.2) is 12.5 Å². The van der Waals surface area contributed by atoms with Crippen molar-refractivity contribution < 1.29 is 4.79 Å². The highest BCUT2D eigenvalue weighted by Crippen LogP contribution is 2.36. The Balaban J connectivity index is 2.05. The predicted molar refractivity (Wildman–Crippen MR) is 74.7 cm³/mol. The van der Waals surface area contributed by atoms with Crippen molar-refractivity contribution in [2.75, 3.05) is 19.6 Å². The molecule has 0 aromatic carbocycles. The summed E-state index contributed by atoms with van der Waals surface area (Å²) < 4.78 is 2.21. The zero-order chi connectivity index (χ0) is 13.8. The van der Waals surface area contributed by atoms with Crippen molar-refractivity contribution in [1.29, 1.82) is 0 Å². The van der Waals surface area contributed by atoms with Gasteiger partial charge in [-0.15, -0.1) is 0 Å². The Kier molecular flexibility index (Phi) is 4.58. The topological polar surface area (TPSA) is 64.2 Å². The summed E-state index contributed by atoms with van der Waals surface area (Å²) >= 11 is 0. The summed E-state index contributed by atoms with van der Waals surface area (Å²) in [6.07, 6.45) is 6.89. The molecule has 106 valence electrons. The Morgan fingerprint density at radius 1 is 1.53 bits per heavy atom. The molecule has 1 unspecified atom stereocenters. The minimum Gasteiger partial charge on any atom is -0.343 e. The third-order valence-electron chi connectivity index (χ3n) is 3.85. The summed E-state index contributed by atoms with van der Waals surface area (Å²) in [4.78, 5) is 18.4. The molecule has 0 saturated heterocycles. The standard InChI is InChI=1S/C14H24N4O/c1-3-17(4-2)14(19)11(8-15)7-13-9-16-10-18(13)12-5-6-12/h9-12H,3-8,15H2,1-2H3. The quantitative estimate of drug-likeness (QED) is 0.805. The highest BCUT2D eigenvalue weighted by molar-refractivity contribution is 5.79. The molecule has 0 aliphatic heterocycles. The predicted octanol–water partition coefficient (Wildman–Crippen LogP) is 1.20. The average Bonchev–Trinajstić information content (AvgIpc) is 3.17. The van der Waals surface area contributed by atoms with Crippen LogP contribution in [0.2, 0.25) is 0 Å². The van der Waals surface area contributed by atoms with Gasteiger partial charge in [-0.2, -0.15) is 0 Å². The van der Waals surface area contributed by atoms with Gasteiger partial charge in [0.15, 0.2) is 0 Å². The van der Waals surface area contributed by atoms with Crippen molar-refractivity contribution in [2.45, 2.75) is 39.2 Å². The van der Waals surface area contributed by atoms with Crippen LogP contribution in [-0.4, -0.2) is 40.0 Å². The molecule has 0 bridgehead atoms. The second-order valence-corrected chi connectivity index (χ2v) is 5.17. The van der Waals surface area contributed by atoms with E-state index in [0.717, 1.165) is 18.8 Å². The summed E-state index contributed by atoms with van der Waals surface area (Å²) in [5.41, 5.74) is 6.94. The van der Waals surface area contributed by atoms with E-state index >= 15 is 0 Å². The fraction of sp³-hybridized carbons (Fsp3) is 0.714. The summed E-state index contributed by atoms with van der Waals surface area (Å²) in [6.45, 7) is 5.89. The molecule has 1 atom stereocenters. The Labute approximate surface area is 114 Å². The maximum atomic E-state index is 12.4. The number of nitrogens with zero attached hydrogens (tertiary/aromatic N) is 3. The number of rotatable bonds is 7. The first-order chi connectivity index (χ1) is 9.21. The lowest BCUT2D eigenvalue weighted by atomic mass is 10.0. The SMILES string of the molecule is CCN(CC)C(=O)C(CN)Cc1cncn1C1CC1. The molecule has 19 heavy (non-hydrogen) atoms. The van der Waals surface area contributed by atoms with Crippen LogP contribution in [0.25, 0.3) is 0 Å². The lowest BCUT2D eigenvalue weighted by Crippen LogP contribution is -2.40. The van der Waals surface area contributed by atoms with Crippen LogP contribution in [0.5, 0.6) is 0 Å². The number of carbonyl (C=O) groups excluding carboxylic acids is 1. The lowest BCUT2D eigenvalue weighted by molar-refractivity contribution is -0.134. The number of hydrogen-bond donors (Lipinski definition) is 1. The third-order valence-corrected chi connectivity index (χ3v) is 3.85. The van der Waals surface area contributed by atoms with E-state index in [0.29, 0.717) is 19.0 Å². The van der Waals surface area contributed by atoms with E-state index in [1.165, 1.54) is 12.8 Å². The minimum absolute atomic E-state index is 0.130. The van der Waals surface area contributed by atoms with Gasteiger partial charge in [0.1, 0.15) is 0 Å². The normalized spacial score (nSPS) is 16.4. The maximum Gasteiger partial charge on any atom is 0.227 e. The molecular weight excluding hydrogens is 240 g/mol. The van der Waals surface area contributed by atoms with Gasteiger partial charge in [0.2, 0.25) is 5.91 Å². The van der Waals surface area contributed by atoms with Gasteiger partial charge >= 0.3 is 0 Å². The number of carbonyl (C=O) groups is 1. The molecule has 1 aromatic rings. The lowest BCUT2D eigenvalue weighted by Gasteiger charge is -2.24. The van der Waals surface area contributed by atoms with Crippen molar-refractivity contribution in [2.24, 2.45) is 11.7 Å². The molecule has 2 rings (SSSR count). The molecule has 1 fully saturated rings. The number of hydrogen-bond acceptors (Lipinski definition) is 3. The van der Waals surface area contributed by atoms with Gasteiger partial charge in [-0.25, -0.2) is 4.98 Å². The molecule has 1 aliphatic rings. The summed E-state index contributed by atoms with van der Waals surface area (Å²) in [6, 6.07) is 0.597. The van der Waals surface area contributed by atoms with Crippen molar-refractivity contribution in [3.63, 3.8) is 0 Å². The number of amides is 1. The van der Waals surface area contributed by atoms with E-state index in [-0.39, 0.29) is 11.8 Å². The Morgan fingerprint density at radius 3 is 2.74 bits per heavy atom. The molecule has 1 amide bonds. The Hall–Kier alpha value is -1.36. The van der Waals surface area contributed by atoms with Gasteiger partial charge < -0.3 is 15.2 Å². The zero-order valence-corrected chi connectivity index (χ0v) is 11.9. The van der Waals surface area contributed by atoms with E-state index in [9.17, 15) is 4.79 Å². The number of imidazole rings is 1. The van der Waals surface area contributed by atoms with E-state index < -0.39 is 0 Å². The highest BCUT2D eigenvalue weighted by Gasteiger charge is 2.28. The summed E-state index contributed by atoms with van der Waals surface area (Å²) in [5, 5.41) is 0. The first-order valence-corrected chi connectivity index (χ1v) is 7.20. The molecule has 0 radical (unpaired) electrons. The Bertz CT molecular complexity index is 421. The smallest absolute Gasteiger partial charge is 0.227 e. The molecule has 1 saturated carbocycles. The van der Waals surface area contributed by atoms with Crippen molar-refractivity contribution >= 4 is 5.91 Å². The van der Waals surface area contributed by atoms with Crippen molar-refractivity contribution in [3.05, 3.63) is 18.2 Å². The third kappa shape index (κ3) is 3.15. The largest absolute Gasteiger partial charge is 0.343 e. The highest BCUT2D eigenvalue weighted by atomic mass is 16.2. The van der Waals surface area contributed by atoms with Crippen LogP contribution < -0.4 is 5.73 Å². The summed E-state index contributed by atoms with van der Waals surface area (Å²) in [7, 11) is 0. The molecular formula is C14H24N4O. The van der Waals surface area contributed by atoms with Crippen molar-refractivity contribution in [1.82, 2.24) is 14.5 Å². The van der Waals surface area contributed by atoms with Gasteiger partial charge in [-0.05, 0) is 26.7 Å². The average molecular weight is 264 g/mol. The van der Waals surface area contributed by atoms with Crippen LogP contribution in [0.4, 0.5) is 0 Å². The Morgan fingerprint density at radius 2 is 2.21 bits per heavy atom. The molecule has 2 N–H and O–H groups in total. The van der Waals surface area contributed by atoms with Crippen LogP contribution in [-0.2, 0) is 11.2 Å². The maximum absolute atomic E-state index is 12.4. The van der Waals surface area contributed by atoms with Gasteiger partial charge in [0.25, 0.3) is 0 Å². The van der Waals surface area contributed by atoms with E-state index in [4.69, 9.17) is 5.73 Å². The molecule has 5 nitrogen and oxygen atoms in total. The van der Waals surface area contributed by atoms with Crippen LogP contribution >= 0.6 is 0 Å². The first-order valence-electron chi connectivity index (χ1n) is 7.20. The van der Waals surface area contributed by atoms with Crippen LogP contribution in [0.3, 0.4) is 0 Å². The fourth-order valence-electron chi connectivity index (χ4n) is 2.49. The number of nitrogens with two attached hydrogens (primary N) is 1. The van der Waals surface area contributed by atoms with Crippen molar-refractivity contribution in [3.8, 4) is 0 Å². The van der Waals surface area contributed by atoms with Crippen LogP contribution in [0.1, 0.15) is 38.4 Å².